The van der Waals surface area contributed by atoms with Crippen LogP contribution in [0.4, 0.5) is 0 Å². The second-order valence-corrected chi connectivity index (χ2v) is 28.1. The van der Waals surface area contributed by atoms with Gasteiger partial charge in [0.25, 0.3) is 11.8 Å². The third-order valence-electron chi connectivity index (χ3n) is 13.7. The number of thioether (sulfide) groups is 2. The molecule has 0 aliphatic carbocycles. The quantitative estimate of drug-likeness (QED) is 0.0333. The first-order valence-corrected chi connectivity index (χ1v) is 33.1. The molecule has 0 saturated heterocycles. The molecule has 8 rings (SSSR count). The van der Waals surface area contributed by atoms with Gasteiger partial charge in [0, 0.05) is 52.1 Å². The summed E-state index contributed by atoms with van der Waals surface area (Å²) >= 11 is 14.9. The van der Waals surface area contributed by atoms with Crippen molar-refractivity contribution in [2.24, 2.45) is 11.8 Å². The Hall–Kier alpha value is -2.68. The molecule has 0 N–H and O–H groups in total. The monoisotopic (exact) mass is 1080 g/mol. The predicted octanol–water partition coefficient (Wildman–Crippen LogP) is 20.3. The Labute approximate surface area is 452 Å². The number of nitrogens with zero attached hydrogens (tertiary/aromatic N) is 2. The fourth-order valence-electron chi connectivity index (χ4n) is 9.47. The first kappa shape index (κ1) is 53.6. The van der Waals surface area contributed by atoms with Crippen molar-refractivity contribution in [3.63, 3.8) is 0 Å². The molecular weight excluding hydrogens is 1010 g/mol. The predicted molar refractivity (Wildman–Crippen MR) is 316 cm³/mol. The van der Waals surface area contributed by atoms with Gasteiger partial charge in [0.05, 0.1) is 40.7 Å². The summed E-state index contributed by atoms with van der Waals surface area (Å²) < 4.78 is 2.78. The number of hydrogen-bond acceptors (Lipinski definition) is 10. The zero-order valence-corrected chi connectivity index (χ0v) is 48.7. The lowest BCUT2D eigenvalue weighted by molar-refractivity contribution is -0.124. The van der Waals surface area contributed by atoms with Gasteiger partial charge in [-0.1, -0.05) is 119 Å². The molecular formula is C58H72N2O2S8. The fourth-order valence-corrected chi connectivity index (χ4v) is 18.4. The van der Waals surface area contributed by atoms with Crippen molar-refractivity contribution < 1.29 is 9.59 Å². The maximum Gasteiger partial charge on any atom is 0.261 e. The maximum atomic E-state index is 15.5. The third-order valence-corrected chi connectivity index (χ3v) is 23.6. The molecule has 0 radical (unpaired) electrons. The normalized spacial score (nSPS) is 14.9. The summed E-state index contributed by atoms with van der Waals surface area (Å²) in [6, 6.07) is 27.0. The summed E-state index contributed by atoms with van der Waals surface area (Å²) in [7, 11) is 0. The third kappa shape index (κ3) is 12.8. The first-order valence-electron chi connectivity index (χ1n) is 26.3. The topological polar surface area (TPSA) is 40.6 Å². The molecule has 0 bridgehead atoms. The van der Waals surface area contributed by atoms with E-state index in [0.717, 1.165) is 72.5 Å². The van der Waals surface area contributed by atoms with E-state index < -0.39 is 0 Å². The average molecular weight is 1090 g/mol. The molecule has 8 heterocycles. The molecule has 0 fully saturated rings. The Morgan fingerprint density at radius 2 is 0.700 bits per heavy atom. The van der Waals surface area contributed by atoms with Gasteiger partial charge in [-0.3, -0.25) is 9.59 Å². The minimum atomic E-state index is -0.0115. The van der Waals surface area contributed by atoms with Crippen molar-refractivity contribution in [3.8, 4) is 39.0 Å². The van der Waals surface area contributed by atoms with E-state index >= 15 is 9.59 Å². The largest absolute Gasteiger partial charge is 0.306 e. The highest BCUT2D eigenvalue weighted by atomic mass is 32.2. The van der Waals surface area contributed by atoms with Crippen LogP contribution in [0.2, 0.25) is 0 Å². The number of hydrogen-bond donors (Lipinski definition) is 0. The number of carbonyl (C=O) groups excluding carboxylic acids is 2. The van der Waals surface area contributed by atoms with Crippen LogP contribution in [0, 0.1) is 11.8 Å². The van der Waals surface area contributed by atoms with E-state index in [-0.39, 0.29) is 11.8 Å². The Morgan fingerprint density at radius 3 is 1.04 bits per heavy atom. The molecule has 2 unspecified atom stereocenters. The zero-order valence-electron chi connectivity index (χ0n) is 42.2. The second kappa shape index (κ2) is 26.5. The van der Waals surface area contributed by atoms with E-state index in [1.807, 2.05) is 78.7 Å². The van der Waals surface area contributed by atoms with E-state index in [2.05, 4.69) is 114 Å². The Kier molecular flexibility index (Phi) is 20.3. The van der Waals surface area contributed by atoms with Gasteiger partial charge in [0.2, 0.25) is 0 Å². The number of fused-ring (bicyclic) bond motifs is 1. The first-order chi connectivity index (χ1) is 34.3. The molecule has 374 valence electrons. The summed E-state index contributed by atoms with van der Waals surface area (Å²) in [6.45, 7) is 14.8. The van der Waals surface area contributed by atoms with Crippen LogP contribution in [0.25, 0.3) is 50.4 Å². The lowest BCUT2D eigenvalue weighted by atomic mass is 9.98. The molecule has 2 atom stereocenters. The molecule has 2 aliphatic rings. The van der Waals surface area contributed by atoms with Crippen LogP contribution in [-0.4, -0.2) is 46.2 Å². The van der Waals surface area contributed by atoms with Crippen molar-refractivity contribution >= 4 is 115 Å². The smallest absolute Gasteiger partial charge is 0.261 e. The van der Waals surface area contributed by atoms with E-state index in [9.17, 15) is 0 Å². The highest BCUT2D eigenvalue weighted by Gasteiger charge is 2.50. The maximum absolute atomic E-state index is 15.5. The Morgan fingerprint density at radius 1 is 0.386 bits per heavy atom. The van der Waals surface area contributed by atoms with E-state index in [4.69, 9.17) is 0 Å². The van der Waals surface area contributed by atoms with Gasteiger partial charge in [-0.2, -0.15) is 0 Å². The van der Waals surface area contributed by atoms with Crippen molar-refractivity contribution in [2.75, 3.05) is 24.6 Å². The summed E-state index contributed by atoms with van der Waals surface area (Å²) in [4.78, 5) is 47.0. The molecule has 2 aliphatic heterocycles. The molecule has 0 spiro atoms. The summed E-state index contributed by atoms with van der Waals surface area (Å²) in [5, 5.41) is 0. The summed E-state index contributed by atoms with van der Waals surface area (Å²) in [6.07, 6.45) is 19.0. The lowest BCUT2D eigenvalue weighted by Crippen LogP contribution is -2.34. The number of amides is 2. The van der Waals surface area contributed by atoms with Gasteiger partial charge in [-0.25, -0.2) is 0 Å². The SMILES string of the molecule is CCCCCCSc1ccc(-c2ccc(-c3ccc(C4=C5C(=O)N(CC(CC)CCCC)C(c6ccc(-c7ccc(-c8ccc(SCCCCCC)s8)s7)s6)=C5C(=O)N4CC(CC)CCCC)s3)s2)s1. The van der Waals surface area contributed by atoms with E-state index in [1.165, 1.54) is 110 Å². The lowest BCUT2D eigenvalue weighted by Gasteiger charge is -2.29. The van der Waals surface area contributed by atoms with Gasteiger partial charge >= 0.3 is 0 Å². The highest BCUT2D eigenvalue weighted by Crippen LogP contribution is 2.52. The molecule has 6 aromatic rings. The van der Waals surface area contributed by atoms with Crippen molar-refractivity contribution in [2.45, 2.75) is 153 Å². The Balaban J connectivity index is 1.13. The standard InChI is InChI=1S/C58H72N2O2S8/c1-7-13-17-19-35-63-51-33-31-47(69-51)45-25-23-41(65-45)43-27-29-49(67-43)55-53-54(58(62)59(55)37-39(11-5)21-15-9-3)56(60(57(53)61)38-40(12-6)22-16-10-4)50-30-28-44(68-50)42-24-26-46(66-42)48-32-34-52(70-48)64-36-20-18-14-8-2/h23-34,39-40H,7-22,35-38H2,1-6H3. The van der Waals surface area contributed by atoms with Crippen LogP contribution in [0.5, 0.6) is 0 Å². The van der Waals surface area contributed by atoms with Gasteiger partial charge in [-0.05, 0) is 122 Å². The van der Waals surface area contributed by atoms with Crippen LogP contribution in [0.3, 0.4) is 0 Å². The van der Waals surface area contributed by atoms with Crippen LogP contribution >= 0.6 is 91.5 Å². The van der Waals surface area contributed by atoms with Crippen molar-refractivity contribution in [1.82, 2.24) is 9.80 Å². The van der Waals surface area contributed by atoms with Gasteiger partial charge in [-0.15, -0.1) is 91.5 Å². The van der Waals surface area contributed by atoms with Crippen LogP contribution in [-0.2, 0) is 9.59 Å². The molecule has 12 heteroatoms. The number of thiophene rings is 6. The van der Waals surface area contributed by atoms with Crippen molar-refractivity contribution in [1.29, 1.82) is 0 Å². The number of rotatable bonds is 30. The fraction of sp³-hybridized carbons (Fsp3) is 0.483. The highest BCUT2D eigenvalue weighted by molar-refractivity contribution is 8.01. The minimum Gasteiger partial charge on any atom is -0.306 e. The second-order valence-electron chi connectivity index (χ2n) is 18.8. The molecule has 0 aromatic carbocycles. The number of carbonyl (C=O) groups is 2. The molecule has 70 heavy (non-hydrogen) atoms. The summed E-state index contributed by atoms with van der Waals surface area (Å²) in [5.74, 6) is 3.03. The van der Waals surface area contributed by atoms with E-state index in [0.29, 0.717) is 36.1 Å². The molecule has 0 saturated carbocycles. The molecule has 2 amide bonds. The van der Waals surface area contributed by atoms with Crippen LogP contribution < -0.4 is 0 Å². The molecule has 6 aromatic heterocycles. The van der Waals surface area contributed by atoms with Gasteiger partial charge in [0.1, 0.15) is 0 Å². The van der Waals surface area contributed by atoms with Crippen LogP contribution in [0.1, 0.15) is 154 Å². The van der Waals surface area contributed by atoms with Gasteiger partial charge < -0.3 is 9.80 Å². The van der Waals surface area contributed by atoms with Crippen molar-refractivity contribution in [3.05, 3.63) is 93.7 Å². The number of unbranched alkanes of at least 4 members (excludes halogenated alkanes) is 8. The van der Waals surface area contributed by atoms with Gasteiger partial charge in [0.15, 0.2) is 0 Å². The molecule has 4 nitrogen and oxygen atoms in total. The average Bonchev–Trinajstić information content (AvgIpc) is 4.23. The Bertz CT molecular complexity index is 2520. The summed E-state index contributed by atoms with van der Waals surface area (Å²) in [5.41, 5.74) is 2.86. The van der Waals surface area contributed by atoms with E-state index in [1.54, 1.807) is 22.7 Å². The zero-order chi connectivity index (χ0) is 49.0. The minimum absolute atomic E-state index is 0.0115. The van der Waals surface area contributed by atoms with Crippen LogP contribution in [0.15, 0.2) is 92.4 Å².